The van der Waals surface area contributed by atoms with Crippen LogP contribution in [0.1, 0.15) is 96.6 Å². The minimum Gasteiger partial charge on any atom is -0.0617 e. The van der Waals surface area contributed by atoms with Crippen LogP contribution in [0, 0.1) is 0 Å². The number of hydrogen-bond donors (Lipinski definition) is 0. The van der Waals surface area contributed by atoms with E-state index in [1.54, 1.807) is 0 Å². The van der Waals surface area contributed by atoms with Gasteiger partial charge in [0.2, 0.25) is 0 Å². The molecule has 0 aliphatic heterocycles. The molecular formula is C27H40. The molecule has 0 amide bonds. The highest BCUT2D eigenvalue weighted by atomic mass is 14.2. The molecular weight excluding hydrogens is 324 g/mol. The first-order valence-electron chi connectivity index (χ1n) is 10.5. The molecule has 0 N–H and O–H groups in total. The molecule has 0 aromatic heterocycles. The average Bonchev–Trinajstić information content (AvgIpc) is 2.52. The Balaban J connectivity index is 2.16. The van der Waals surface area contributed by atoms with Gasteiger partial charge in [-0.2, -0.15) is 0 Å². The van der Waals surface area contributed by atoms with Crippen LogP contribution in [-0.4, -0.2) is 0 Å². The van der Waals surface area contributed by atoms with Crippen LogP contribution in [0.4, 0.5) is 0 Å². The van der Waals surface area contributed by atoms with Gasteiger partial charge in [-0.05, 0) is 63.3 Å². The minimum atomic E-state index is 0.192. The van der Waals surface area contributed by atoms with E-state index >= 15 is 0 Å². The first-order chi connectivity index (χ1) is 12.3. The van der Waals surface area contributed by atoms with Crippen molar-refractivity contribution in [3.05, 3.63) is 70.3 Å². The zero-order chi connectivity index (χ0) is 20.5. The Morgan fingerprint density at radius 1 is 0.519 bits per heavy atom. The Kier molecular flexibility index (Phi) is 6.30. The maximum absolute atomic E-state index is 2.43. The lowest BCUT2D eigenvalue weighted by atomic mass is 9.79. The number of hydrogen-bond acceptors (Lipinski definition) is 0. The molecule has 0 bridgehead atoms. The Morgan fingerprint density at radius 2 is 0.963 bits per heavy atom. The SMILES string of the molecule is CC(C)(C)c1cccc(CCCc2cc(C(C)(C)C)cc(C(C)(C)C)c2)c1. The monoisotopic (exact) mass is 364 g/mol. The fourth-order valence-corrected chi connectivity index (χ4v) is 3.39. The Labute approximate surface area is 168 Å². The normalized spacial score (nSPS) is 13.1. The predicted molar refractivity (Wildman–Crippen MR) is 121 cm³/mol. The van der Waals surface area contributed by atoms with E-state index in [2.05, 4.69) is 105 Å². The van der Waals surface area contributed by atoms with Gasteiger partial charge in [-0.1, -0.05) is 105 Å². The average molecular weight is 365 g/mol. The van der Waals surface area contributed by atoms with Gasteiger partial charge in [-0.15, -0.1) is 0 Å². The molecule has 0 unspecified atom stereocenters. The molecule has 0 heterocycles. The second-order valence-electron chi connectivity index (χ2n) is 11.2. The first-order valence-corrected chi connectivity index (χ1v) is 10.5. The summed E-state index contributed by atoms with van der Waals surface area (Å²) in [6, 6.07) is 16.4. The molecule has 0 nitrogen and oxygen atoms in total. The van der Waals surface area contributed by atoms with E-state index in [9.17, 15) is 0 Å². The van der Waals surface area contributed by atoms with Crippen molar-refractivity contribution in [2.24, 2.45) is 0 Å². The lowest BCUT2D eigenvalue weighted by molar-refractivity contribution is 0.566. The maximum atomic E-state index is 2.43. The van der Waals surface area contributed by atoms with Crippen LogP contribution in [0.25, 0.3) is 0 Å². The Bertz CT molecular complexity index is 726. The van der Waals surface area contributed by atoms with Crippen LogP contribution in [-0.2, 0) is 29.1 Å². The summed E-state index contributed by atoms with van der Waals surface area (Å²) in [5, 5.41) is 0. The van der Waals surface area contributed by atoms with E-state index in [0.717, 1.165) is 12.8 Å². The van der Waals surface area contributed by atoms with Crippen molar-refractivity contribution in [2.45, 2.75) is 97.8 Å². The van der Waals surface area contributed by atoms with Crippen LogP contribution < -0.4 is 0 Å². The van der Waals surface area contributed by atoms with Gasteiger partial charge in [0, 0.05) is 0 Å². The van der Waals surface area contributed by atoms with Crippen molar-refractivity contribution in [1.29, 1.82) is 0 Å². The van der Waals surface area contributed by atoms with E-state index in [0.29, 0.717) is 0 Å². The van der Waals surface area contributed by atoms with Crippen molar-refractivity contribution in [3.63, 3.8) is 0 Å². The Morgan fingerprint density at radius 3 is 1.44 bits per heavy atom. The van der Waals surface area contributed by atoms with E-state index < -0.39 is 0 Å². The smallest absolute Gasteiger partial charge is 0.0132 e. The summed E-state index contributed by atoms with van der Waals surface area (Å²) in [4.78, 5) is 0. The van der Waals surface area contributed by atoms with Crippen molar-refractivity contribution < 1.29 is 0 Å². The zero-order valence-electron chi connectivity index (χ0n) is 19.2. The van der Waals surface area contributed by atoms with Crippen LogP contribution in [0.2, 0.25) is 0 Å². The second-order valence-corrected chi connectivity index (χ2v) is 11.2. The summed E-state index contributed by atoms with van der Waals surface area (Å²) < 4.78 is 0. The highest BCUT2D eigenvalue weighted by Gasteiger charge is 2.20. The summed E-state index contributed by atoms with van der Waals surface area (Å²) >= 11 is 0. The molecule has 27 heavy (non-hydrogen) atoms. The van der Waals surface area contributed by atoms with Gasteiger partial charge in [0.25, 0.3) is 0 Å². The van der Waals surface area contributed by atoms with Crippen molar-refractivity contribution in [3.8, 4) is 0 Å². The third-order valence-corrected chi connectivity index (χ3v) is 5.45. The highest BCUT2D eigenvalue weighted by molar-refractivity contribution is 5.37. The van der Waals surface area contributed by atoms with Gasteiger partial charge in [-0.25, -0.2) is 0 Å². The molecule has 2 aromatic rings. The third kappa shape index (κ3) is 6.23. The van der Waals surface area contributed by atoms with Gasteiger partial charge in [0.1, 0.15) is 0 Å². The van der Waals surface area contributed by atoms with Gasteiger partial charge in [0.15, 0.2) is 0 Å². The molecule has 0 saturated carbocycles. The van der Waals surface area contributed by atoms with Crippen molar-refractivity contribution >= 4 is 0 Å². The number of rotatable bonds is 4. The Hall–Kier alpha value is -1.56. The minimum absolute atomic E-state index is 0.192. The van der Waals surface area contributed by atoms with Crippen LogP contribution in [0.15, 0.2) is 42.5 Å². The molecule has 0 spiro atoms. The van der Waals surface area contributed by atoms with Crippen LogP contribution >= 0.6 is 0 Å². The standard InChI is InChI=1S/C27H40/c1-25(2,3)22-15-11-13-20(16-22)12-10-14-21-17-23(26(4,5)6)19-24(18-21)27(7,8)9/h11,13,15-19H,10,12,14H2,1-9H3. The predicted octanol–water partition coefficient (Wildman–Crippen LogP) is 7.75. The van der Waals surface area contributed by atoms with Gasteiger partial charge in [0.05, 0.1) is 0 Å². The molecule has 0 atom stereocenters. The fourth-order valence-electron chi connectivity index (χ4n) is 3.39. The molecule has 0 fully saturated rings. The fraction of sp³-hybridized carbons (Fsp3) is 0.556. The largest absolute Gasteiger partial charge is 0.0617 e. The quantitative estimate of drug-likeness (QED) is 0.520. The first kappa shape index (κ1) is 21.7. The van der Waals surface area contributed by atoms with Gasteiger partial charge < -0.3 is 0 Å². The summed E-state index contributed by atoms with van der Waals surface area (Å²) in [7, 11) is 0. The third-order valence-electron chi connectivity index (χ3n) is 5.45. The van der Waals surface area contributed by atoms with E-state index in [-0.39, 0.29) is 16.2 Å². The number of aryl methyl sites for hydroxylation is 2. The molecule has 0 aliphatic carbocycles. The lowest BCUT2D eigenvalue weighted by Gasteiger charge is -2.26. The van der Waals surface area contributed by atoms with E-state index in [1.165, 1.54) is 34.2 Å². The van der Waals surface area contributed by atoms with Crippen molar-refractivity contribution in [1.82, 2.24) is 0 Å². The maximum Gasteiger partial charge on any atom is -0.0132 e. The van der Waals surface area contributed by atoms with Crippen LogP contribution in [0.5, 0.6) is 0 Å². The second kappa shape index (κ2) is 7.82. The molecule has 2 rings (SSSR count). The molecule has 2 aromatic carbocycles. The zero-order valence-corrected chi connectivity index (χ0v) is 19.2. The van der Waals surface area contributed by atoms with E-state index in [4.69, 9.17) is 0 Å². The molecule has 0 aliphatic rings. The van der Waals surface area contributed by atoms with Gasteiger partial charge >= 0.3 is 0 Å². The molecule has 0 saturated heterocycles. The lowest BCUT2D eigenvalue weighted by Crippen LogP contribution is -2.17. The summed E-state index contributed by atoms with van der Waals surface area (Å²) in [5.41, 5.74) is 7.90. The molecule has 0 heteroatoms. The summed E-state index contributed by atoms with van der Waals surface area (Å²) in [6.45, 7) is 20.8. The summed E-state index contributed by atoms with van der Waals surface area (Å²) in [6.07, 6.45) is 3.49. The van der Waals surface area contributed by atoms with Gasteiger partial charge in [-0.3, -0.25) is 0 Å². The van der Waals surface area contributed by atoms with E-state index in [1.807, 2.05) is 0 Å². The highest BCUT2D eigenvalue weighted by Crippen LogP contribution is 2.31. The summed E-state index contributed by atoms with van der Waals surface area (Å²) in [5.74, 6) is 0. The molecule has 148 valence electrons. The molecule has 0 radical (unpaired) electrons. The number of benzene rings is 2. The van der Waals surface area contributed by atoms with Crippen molar-refractivity contribution in [2.75, 3.05) is 0 Å². The topological polar surface area (TPSA) is 0 Å². The van der Waals surface area contributed by atoms with Crippen LogP contribution in [0.3, 0.4) is 0 Å².